The Hall–Kier alpha value is -1.37. The minimum absolute atomic E-state index is 0.355. The van der Waals surface area contributed by atoms with Gasteiger partial charge in [-0.1, -0.05) is 18.2 Å². The molecule has 0 amide bonds. The quantitative estimate of drug-likeness (QED) is 0.861. The minimum atomic E-state index is 0.355. The molecule has 0 saturated carbocycles. The van der Waals surface area contributed by atoms with Crippen LogP contribution < -0.4 is 5.32 Å². The molecular formula is C14H18N2O. The number of nitrogens with one attached hydrogen (secondary N) is 1. The van der Waals surface area contributed by atoms with Crippen molar-refractivity contribution in [1.82, 2.24) is 5.32 Å². The maximum Gasteiger partial charge on any atom is 0.0995 e. The zero-order chi connectivity index (χ0) is 12.1. The molecule has 1 heterocycles. The molecule has 0 radical (unpaired) electrons. The van der Waals surface area contributed by atoms with E-state index in [0.29, 0.717) is 12.0 Å². The number of hydrogen-bond acceptors (Lipinski definition) is 3. The molecule has 2 atom stereocenters. The lowest BCUT2D eigenvalue weighted by atomic mass is 10.0. The van der Waals surface area contributed by atoms with E-state index >= 15 is 0 Å². The van der Waals surface area contributed by atoms with Gasteiger partial charge in [0.2, 0.25) is 0 Å². The lowest BCUT2D eigenvalue weighted by Gasteiger charge is -2.15. The van der Waals surface area contributed by atoms with Gasteiger partial charge in [-0.25, -0.2) is 0 Å². The van der Waals surface area contributed by atoms with Crippen LogP contribution in [0.1, 0.15) is 24.5 Å². The Morgan fingerprint density at radius 2 is 2.29 bits per heavy atom. The van der Waals surface area contributed by atoms with Gasteiger partial charge in [0.05, 0.1) is 17.7 Å². The van der Waals surface area contributed by atoms with E-state index in [2.05, 4.69) is 18.3 Å². The largest absolute Gasteiger partial charge is 0.378 e. The molecule has 17 heavy (non-hydrogen) atoms. The molecular weight excluding hydrogens is 212 g/mol. The Bertz CT molecular complexity index is 411. The SMILES string of the molecule is CC1OCCC1CNCc1ccccc1C#N. The Morgan fingerprint density at radius 1 is 1.47 bits per heavy atom. The van der Waals surface area contributed by atoms with Gasteiger partial charge in [-0.05, 0) is 30.9 Å². The summed E-state index contributed by atoms with van der Waals surface area (Å²) in [5, 5.41) is 12.4. The zero-order valence-corrected chi connectivity index (χ0v) is 10.1. The fourth-order valence-corrected chi connectivity index (χ4v) is 2.22. The Labute approximate surface area is 102 Å². The van der Waals surface area contributed by atoms with Gasteiger partial charge in [0.25, 0.3) is 0 Å². The molecule has 1 aliphatic rings. The summed E-state index contributed by atoms with van der Waals surface area (Å²) >= 11 is 0. The van der Waals surface area contributed by atoms with E-state index in [1.165, 1.54) is 0 Å². The van der Waals surface area contributed by atoms with Gasteiger partial charge in [0, 0.05) is 19.7 Å². The monoisotopic (exact) mass is 230 g/mol. The predicted octanol–water partition coefficient (Wildman–Crippen LogP) is 2.07. The lowest BCUT2D eigenvalue weighted by molar-refractivity contribution is 0.105. The molecule has 0 bridgehead atoms. The zero-order valence-electron chi connectivity index (χ0n) is 10.1. The second-order valence-corrected chi connectivity index (χ2v) is 4.52. The highest BCUT2D eigenvalue weighted by Crippen LogP contribution is 2.19. The van der Waals surface area contributed by atoms with Gasteiger partial charge in [-0.2, -0.15) is 5.26 Å². The molecule has 1 aromatic rings. The van der Waals surface area contributed by atoms with Gasteiger partial charge in [0.1, 0.15) is 0 Å². The smallest absolute Gasteiger partial charge is 0.0995 e. The fraction of sp³-hybridized carbons (Fsp3) is 0.500. The first-order chi connectivity index (χ1) is 8.31. The first-order valence-electron chi connectivity index (χ1n) is 6.11. The topological polar surface area (TPSA) is 45.0 Å². The summed E-state index contributed by atoms with van der Waals surface area (Å²) in [6.07, 6.45) is 1.49. The Balaban J connectivity index is 1.84. The highest BCUT2D eigenvalue weighted by molar-refractivity contribution is 5.37. The minimum Gasteiger partial charge on any atom is -0.378 e. The Morgan fingerprint density at radius 3 is 3.00 bits per heavy atom. The van der Waals surface area contributed by atoms with Crippen LogP contribution in [0.15, 0.2) is 24.3 Å². The highest BCUT2D eigenvalue weighted by Gasteiger charge is 2.23. The van der Waals surface area contributed by atoms with Crippen molar-refractivity contribution in [3.8, 4) is 6.07 Å². The van der Waals surface area contributed by atoms with Crippen molar-refractivity contribution in [2.45, 2.75) is 26.0 Å². The van der Waals surface area contributed by atoms with Gasteiger partial charge in [0.15, 0.2) is 0 Å². The van der Waals surface area contributed by atoms with Crippen LogP contribution in [-0.4, -0.2) is 19.3 Å². The number of nitrogens with zero attached hydrogens (tertiary/aromatic N) is 1. The van der Waals surface area contributed by atoms with Gasteiger partial charge >= 0.3 is 0 Å². The third-order valence-electron chi connectivity index (χ3n) is 3.39. The molecule has 2 unspecified atom stereocenters. The molecule has 3 heteroatoms. The summed E-state index contributed by atoms with van der Waals surface area (Å²) in [6.45, 7) is 4.72. The van der Waals surface area contributed by atoms with E-state index in [1.54, 1.807) is 0 Å². The summed E-state index contributed by atoms with van der Waals surface area (Å²) in [6, 6.07) is 9.95. The standard InChI is InChI=1S/C14H18N2O/c1-11-13(6-7-17-11)9-16-10-14-5-3-2-4-12(14)8-15/h2-5,11,13,16H,6-7,9-10H2,1H3. The lowest BCUT2D eigenvalue weighted by Crippen LogP contribution is -2.26. The van der Waals surface area contributed by atoms with Crippen molar-refractivity contribution in [3.05, 3.63) is 35.4 Å². The average molecular weight is 230 g/mol. The van der Waals surface area contributed by atoms with E-state index in [9.17, 15) is 0 Å². The van der Waals surface area contributed by atoms with E-state index in [0.717, 1.165) is 37.2 Å². The molecule has 3 nitrogen and oxygen atoms in total. The summed E-state index contributed by atoms with van der Waals surface area (Å²) in [4.78, 5) is 0. The van der Waals surface area contributed by atoms with E-state index in [4.69, 9.17) is 10.00 Å². The highest BCUT2D eigenvalue weighted by atomic mass is 16.5. The number of nitriles is 1. The van der Waals surface area contributed by atoms with E-state index in [-0.39, 0.29) is 0 Å². The third-order valence-corrected chi connectivity index (χ3v) is 3.39. The summed E-state index contributed by atoms with van der Waals surface area (Å²) in [5.41, 5.74) is 1.83. The third kappa shape index (κ3) is 3.06. The molecule has 0 aliphatic carbocycles. The van der Waals surface area contributed by atoms with Crippen LogP contribution in [0.4, 0.5) is 0 Å². The van der Waals surface area contributed by atoms with Crippen molar-refractivity contribution in [1.29, 1.82) is 5.26 Å². The van der Waals surface area contributed by atoms with Crippen molar-refractivity contribution < 1.29 is 4.74 Å². The summed E-state index contributed by atoms with van der Waals surface area (Å²) < 4.78 is 5.52. The molecule has 0 spiro atoms. The van der Waals surface area contributed by atoms with Crippen LogP contribution in [0.5, 0.6) is 0 Å². The number of rotatable bonds is 4. The first-order valence-corrected chi connectivity index (χ1v) is 6.11. The summed E-state index contributed by atoms with van der Waals surface area (Å²) in [7, 11) is 0. The second kappa shape index (κ2) is 5.81. The van der Waals surface area contributed by atoms with Crippen molar-refractivity contribution in [2.24, 2.45) is 5.92 Å². The van der Waals surface area contributed by atoms with Crippen molar-refractivity contribution in [3.63, 3.8) is 0 Å². The molecule has 1 saturated heterocycles. The van der Waals surface area contributed by atoms with Gasteiger partial charge < -0.3 is 10.1 Å². The molecule has 1 aliphatic heterocycles. The van der Waals surface area contributed by atoms with Crippen LogP contribution in [0.2, 0.25) is 0 Å². The van der Waals surface area contributed by atoms with Gasteiger partial charge in [-0.15, -0.1) is 0 Å². The molecule has 90 valence electrons. The fourth-order valence-electron chi connectivity index (χ4n) is 2.22. The van der Waals surface area contributed by atoms with Crippen molar-refractivity contribution >= 4 is 0 Å². The van der Waals surface area contributed by atoms with Crippen molar-refractivity contribution in [2.75, 3.05) is 13.2 Å². The van der Waals surface area contributed by atoms with E-state index < -0.39 is 0 Å². The maximum absolute atomic E-state index is 8.97. The molecule has 1 N–H and O–H groups in total. The molecule has 1 fully saturated rings. The number of ether oxygens (including phenoxy) is 1. The normalized spacial score (nSPS) is 23.5. The molecule has 0 aromatic heterocycles. The van der Waals surface area contributed by atoms with Crippen LogP contribution in [0.3, 0.4) is 0 Å². The first kappa shape index (κ1) is 12.1. The molecule has 1 aromatic carbocycles. The predicted molar refractivity (Wildman–Crippen MR) is 66.4 cm³/mol. The van der Waals surface area contributed by atoms with E-state index in [1.807, 2.05) is 24.3 Å². The van der Waals surface area contributed by atoms with Gasteiger partial charge in [-0.3, -0.25) is 0 Å². The number of benzene rings is 1. The Kier molecular flexibility index (Phi) is 4.13. The second-order valence-electron chi connectivity index (χ2n) is 4.52. The molecule has 2 rings (SSSR count). The van der Waals surface area contributed by atoms with Crippen LogP contribution in [0.25, 0.3) is 0 Å². The summed E-state index contributed by atoms with van der Waals surface area (Å²) in [5.74, 6) is 0.601. The van der Waals surface area contributed by atoms with Crippen LogP contribution >= 0.6 is 0 Å². The number of hydrogen-bond donors (Lipinski definition) is 1. The maximum atomic E-state index is 8.97. The van der Waals surface area contributed by atoms with Crippen LogP contribution in [0, 0.1) is 17.2 Å². The average Bonchev–Trinajstić information content (AvgIpc) is 2.76. The van der Waals surface area contributed by atoms with Crippen LogP contribution in [-0.2, 0) is 11.3 Å².